The monoisotopic (exact) mass is 352 g/mol. The predicted octanol–water partition coefficient (Wildman–Crippen LogP) is 3.14. The molecule has 4 heteroatoms. The lowest BCUT2D eigenvalue weighted by Crippen LogP contribution is -2.27. The Kier molecular flexibility index (Phi) is 6.42. The van der Waals surface area contributed by atoms with Crippen LogP contribution in [0.1, 0.15) is 58.5 Å². The molecule has 1 atom stereocenters. The molecule has 0 bridgehead atoms. The van der Waals surface area contributed by atoms with Gasteiger partial charge in [-0.1, -0.05) is 37.3 Å². The Bertz CT molecular complexity index is 758. The van der Waals surface area contributed by atoms with E-state index in [9.17, 15) is 9.90 Å². The summed E-state index contributed by atoms with van der Waals surface area (Å²) in [6.07, 6.45) is 3.17. The van der Waals surface area contributed by atoms with Crippen LogP contribution in [0.5, 0.6) is 0 Å². The number of hydrogen-bond acceptors (Lipinski definition) is 3. The molecule has 0 spiro atoms. The third kappa shape index (κ3) is 4.71. The van der Waals surface area contributed by atoms with Crippen molar-refractivity contribution in [1.82, 2.24) is 10.6 Å². The normalized spacial score (nSPS) is 15.7. The molecule has 1 unspecified atom stereocenters. The summed E-state index contributed by atoms with van der Waals surface area (Å²) in [4.78, 5) is 12.3. The first-order valence-corrected chi connectivity index (χ1v) is 9.55. The highest BCUT2D eigenvalue weighted by Crippen LogP contribution is 2.31. The second-order valence-corrected chi connectivity index (χ2v) is 6.93. The maximum atomic E-state index is 12.3. The molecule has 1 aliphatic carbocycles. The van der Waals surface area contributed by atoms with Gasteiger partial charge in [0, 0.05) is 18.7 Å². The van der Waals surface area contributed by atoms with Crippen molar-refractivity contribution in [3.8, 4) is 0 Å². The average Bonchev–Trinajstić information content (AvgIpc) is 3.05. The lowest BCUT2D eigenvalue weighted by Gasteiger charge is -2.09. The standard InChI is InChI=1S/C22H28N2O2/c1-2-16-5-3-6-17(13-16)15-23-11-4-12-24-22(26)19-8-7-18-9-10-21(25)20(18)14-19/h3,5-8,13-14,21,23,25H,2,4,9-12,15H2,1H3,(H,24,26). The van der Waals surface area contributed by atoms with Crippen LogP contribution in [-0.2, 0) is 19.4 Å². The van der Waals surface area contributed by atoms with Gasteiger partial charge in [0.1, 0.15) is 0 Å². The fourth-order valence-electron chi connectivity index (χ4n) is 3.43. The van der Waals surface area contributed by atoms with Crippen molar-refractivity contribution < 1.29 is 9.90 Å². The van der Waals surface area contributed by atoms with Gasteiger partial charge in [0.25, 0.3) is 5.91 Å². The second-order valence-electron chi connectivity index (χ2n) is 6.93. The van der Waals surface area contributed by atoms with Crippen LogP contribution in [0.4, 0.5) is 0 Å². The molecule has 2 aromatic carbocycles. The molecular weight excluding hydrogens is 324 g/mol. The highest BCUT2D eigenvalue weighted by atomic mass is 16.3. The number of nitrogens with one attached hydrogen (secondary N) is 2. The van der Waals surface area contributed by atoms with Crippen LogP contribution in [0.2, 0.25) is 0 Å². The van der Waals surface area contributed by atoms with Crippen LogP contribution < -0.4 is 10.6 Å². The summed E-state index contributed by atoms with van der Waals surface area (Å²) in [5.74, 6) is -0.0671. The molecule has 4 nitrogen and oxygen atoms in total. The molecule has 2 aromatic rings. The van der Waals surface area contributed by atoms with Crippen LogP contribution in [0.25, 0.3) is 0 Å². The molecule has 0 aromatic heterocycles. The molecule has 0 heterocycles. The van der Waals surface area contributed by atoms with Gasteiger partial charge in [-0.05, 0) is 66.6 Å². The van der Waals surface area contributed by atoms with Crippen molar-refractivity contribution in [3.05, 3.63) is 70.3 Å². The second kappa shape index (κ2) is 8.97. The Labute approximate surface area is 155 Å². The van der Waals surface area contributed by atoms with E-state index in [1.54, 1.807) is 0 Å². The molecule has 1 aliphatic rings. The minimum atomic E-state index is -0.423. The Hall–Kier alpha value is -2.17. The molecule has 3 rings (SSSR count). The number of benzene rings is 2. The van der Waals surface area contributed by atoms with Crippen molar-refractivity contribution in [1.29, 1.82) is 0 Å². The van der Waals surface area contributed by atoms with Crippen LogP contribution in [-0.4, -0.2) is 24.1 Å². The molecular formula is C22H28N2O2. The SMILES string of the molecule is CCc1cccc(CNCCCNC(=O)c2ccc3c(c2)C(O)CC3)c1. The maximum Gasteiger partial charge on any atom is 0.251 e. The Morgan fingerprint density at radius 2 is 2.00 bits per heavy atom. The van der Waals surface area contributed by atoms with Gasteiger partial charge in [0.15, 0.2) is 0 Å². The van der Waals surface area contributed by atoms with E-state index in [0.717, 1.165) is 49.9 Å². The zero-order valence-corrected chi connectivity index (χ0v) is 15.4. The lowest BCUT2D eigenvalue weighted by molar-refractivity contribution is 0.0953. The fraction of sp³-hybridized carbons (Fsp3) is 0.409. The number of aryl methyl sites for hydroxylation is 2. The van der Waals surface area contributed by atoms with Crippen molar-refractivity contribution in [2.24, 2.45) is 0 Å². The zero-order valence-electron chi connectivity index (χ0n) is 15.4. The minimum absolute atomic E-state index is 0.0671. The largest absolute Gasteiger partial charge is 0.388 e. The Morgan fingerprint density at radius 1 is 1.15 bits per heavy atom. The molecule has 0 fully saturated rings. The quantitative estimate of drug-likeness (QED) is 0.640. The summed E-state index contributed by atoms with van der Waals surface area (Å²) in [6.45, 7) is 4.52. The van der Waals surface area contributed by atoms with Crippen LogP contribution in [0.3, 0.4) is 0 Å². The number of rotatable bonds is 8. The molecule has 26 heavy (non-hydrogen) atoms. The summed E-state index contributed by atoms with van der Waals surface area (Å²) >= 11 is 0. The smallest absolute Gasteiger partial charge is 0.251 e. The van der Waals surface area contributed by atoms with Gasteiger partial charge in [-0.3, -0.25) is 4.79 Å². The van der Waals surface area contributed by atoms with E-state index in [-0.39, 0.29) is 5.91 Å². The zero-order chi connectivity index (χ0) is 18.4. The molecule has 0 saturated heterocycles. The molecule has 0 aliphatic heterocycles. The molecule has 0 radical (unpaired) electrons. The number of hydrogen-bond donors (Lipinski definition) is 3. The number of aliphatic hydroxyl groups is 1. The number of amides is 1. The van der Waals surface area contributed by atoms with E-state index >= 15 is 0 Å². The summed E-state index contributed by atoms with van der Waals surface area (Å²) in [6, 6.07) is 14.3. The van der Waals surface area contributed by atoms with Crippen LogP contribution in [0, 0.1) is 0 Å². The van der Waals surface area contributed by atoms with E-state index in [4.69, 9.17) is 0 Å². The first kappa shape index (κ1) is 18.6. The Morgan fingerprint density at radius 3 is 2.85 bits per heavy atom. The molecule has 138 valence electrons. The molecule has 0 saturated carbocycles. The topological polar surface area (TPSA) is 61.4 Å². The van der Waals surface area contributed by atoms with Gasteiger partial charge in [-0.2, -0.15) is 0 Å². The third-order valence-electron chi connectivity index (χ3n) is 5.00. The minimum Gasteiger partial charge on any atom is -0.388 e. The molecule has 1 amide bonds. The summed E-state index contributed by atoms with van der Waals surface area (Å²) in [5.41, 5.74) is 5.36. The van der Waals surface area contributed by atoms with Crippen molar-refractivity contribution in [2.75, 3.05) is 13.1 Å². The van der Waals surface area contributed by atoms with Gasteiger partial charge < -0.3 is 15.7 Å². The van der Waals surface area contributed by atoms with Gasteiger partial charge in [0.2, 0.25) is 0 Å². The van der Waals surface area contributed by atoms with E-state index < -0.39 is 6.10 Å². The summed E-state index contributed by atoms with van der Waals surface area (Å²) in [7, 11) is 0. The van der Waals surface area contributed by atoms with Gasteiger partial charge in [0.05, 0.1) is 6.10 Å². The van der Waals surface area contributed by atoms with Crippen molar-refractivity contribution >= 4 is 5.91 Å². The maximum absolute atomic E-state index is 12.3. The van der Waals surface area contributed by atoms with E-state index in [0.29, 0.717) is 12.1 Å². The van der Waals surface area contributed by atoms with Crippen molar-refractivity contribution in [3.63, 3.8) is 0 Å². The summed E-state index contributed by atoms with van der Waals surface area (Å²) < 4.78 is 0. The lowest BCUT2D eigenvalue weighted by atomic mass is 10.0. The summed E-state index contributed by atoms with van der Waals surface area (Å²) in [5, 5.41) is 16.3. The van der Waals surface area contributed by atoms with E-state index in [1.165, 1.54) is 11.1 Å². The van der Waals surface area contributed by atoms with E-state index in [2.05, 4.69) is 41.8 Å². The van der Waals surface area contributed by atoms with Crippen molar-refractivity contribution in [2.45, 2.75) is 45.3 Å². The number of carbonyl (C=O) groups excluding carboxylic acids is 1. The first-order chi connectivity index (χ1) is 12.7. The predicted molar refractivity (Wildman–Crippen MR) is 104 cm³/mol. The number of carbonyl (C=O) groups is 1. The van der Waals surface area contributed by atoms with Crippen LogP contribution in [0.15, 0.2) is 42.5 Å². The number of fused-ring (bicyclic) bond motifs is 1. The first-order valence-electron chi connectivity index (χ1n) is 9.55. The number of aliphatic hydroxyl groups excluding tert-OH is 1. The molecule has 3 N–H and O–H groups in total. The van der Waals surface area contributed by atoms with E-state index in [1.807, 2.05) is 18.2 Å². The highest BCUT2D eigenvalue weighted by Gasteiger charge is 2.21. The highest BCUT2D eigenvalue weighted by molar-refractivity contribution is 5.94. The van der Waals surface area contributed by atoms with Gasteiger partial charge in [-0.25, -0.2) is 0 Å². The van der Waals surface area contributed by atoms with Crippen LogP contribution >= 0.6 is 0 Å². The third-order valence-corrected chi connectivity index (χ3v) is 5.00. The van der Waals surface area contributed by atoms with Gasteiger partial charge in [-0.15, -0.1) is 0 Å². The fourth-order valence-corrected chi connectivity index (χ4v) is 3.43. The average molecular weight is 352 g/mol. The Balaban J connectivity index is 1.37. The van der Waals surface area contributed by atoms with Gasteiger partial charge >= 0.3 is 0 Å².